The van der Waals surface area contributed by atoms with E-state index in [9.17, 15) is 21.6 Å². The quantitative estimate of drug-likeness (QED) is 0.527. The highest BCUT2D eigenvalue weighted by Gasteiger charge is 2.29. The van der Waals surface area contributed by atoms with Crippen LogP contribution in [0.1, 0.15) is 6.42 Å². The van der Waals surface area contributed by atoms with Crippen LogP contribution in [0.2, 0.25) is 0 Å². The number of rotatable bonds is 9. The van der Waals surface area contributed by atoms with E-state index in [0.717, 1.165) is 0 Å². The number of aliphatic hydroxyl groups excluding tert-OH is 1. The van der Waals surface area contributed by atoms with E-state index in [1.807, 2.05) is 4.72 Å². The normalized spacial score (nSPS) is 12.9. The molecule has 0 saturated heterocycles. The summed E-state index contributed by atoms with van der Waals surface area (Å²) in [5, 5.41) is 8.46. The summed E-state index contributed by atoms with van der Waals surface area (Å²) in [5.74, 6) is 1.11. The molecule has 0 aliphatic rings. The highest BCUT2D eigenvalue weighted by atomic mass is 32.2. The van der Waals surface area contributed by atoms with Crippen molar-refractivity contribution in [1.29, 1.82) is 0 Å². The minimum absolute atomic E-state index is 0.0449. The van der Waals surface area contributed by atoms with E-state index in [-0.39, 0.29) is 13.2 Å². The fourth-order valence-electron chi connectivity index (χ4n) is 0.745. The molecule has 0 bridgehead atoms. The monoisotopic (exact) mass is 296 g/mol. The molecule has 10 heteroatoms. The standard InChI is InChI=1S/C7H15F3N2O3S2/c8-7(9,10)6-12-17(14,15)11-2-5-16-4-1-3-13/h11-13H,1-6H2. The van der Waals surface area contributed by atoms with Crippen LogP contribution in [0.15, 0.2) is 0 Å². The Morgan fingerprint density at radius 1 is 1.18 bits per heavy atom. The Balaban J connectivity index is 3.65. The van der Waals surface area contributed by atoms with Crippen molar-refractivity contribution in [2.24, 2.45) is 0 Å². The van der Waals surface area contributed by atoms with Crippen molar-refractivity contribution in [3.05, 3.63) is 0 Å². The third kappa shape index (κ3) is 12.2. The van der Waals surface area contributed by atoms with Crippen molar-refractivity contribution in [1.82, 2.24) is 9.44 Å². The second-order valence-electron chi connectivity index (χ2n) is 3.02. The summed E-state index contributed by atoms with van der Waals surface area (Å²) in [5.41, 5.74) is 0. The average Bonchev–Trinajstić information content (AvgIpc) is 2.20. The molecule has 5 nitrogen and oxygen atoms in total. The first-order valence-corrected chi connectivity index (χ1v) is 7.40. The Morgan fingerprint density at radius 3 is 2.35 bits per heavy atom. The maximum Gasteiger partial charge on any atom is 0.402 e. The maximum absolute atomic E-state index is 11.7. The van der Waals surface area contributed by atoms with Gasteiger partial charge in [-0.2, -0.15) is 38.1 Å². The van der Waals surface area contributed by atoms with Crippen LogP contribution in [0.3, 0.4) is 0 Å². The van der Waals surface area contributed by atoms with E-state index in [0.29, 0.717) is 17.9 Å². The molecule has 3 N–H and O–H groups in total. The van der Waals surface area contributed by atoms with Crippen LogP contribution in [0.4, 0.5) is 13.2 Å². The van der Waals surface area contributed by atoms with E-state index >= 15 is 0 Å². The molecule has 0 heterocycles. The summed E-state index contributed by atoms with van der Waals surface area (Å²) in [6.07, 6.45) is -3.96. The molecule has 17 heavy (non-hydrogen) atoms. The van der Waals surface area contributed by atoms with Gasteiger partial charge in [0, 0.05) is 18.9 Å². The Kier molecular flexibility index (Phi) is 8.12. The largest absolute Gasteiger partial charge is 0.402 e. The molecule has 0 fully saturated rings. The molecule has 104 valence electrons. The molecular formula is C7H15F3N2O3S2. The molecule has 0 radical (unpaired) electrons. The van der Waals surface area contributed by atoms with Gasteiger partial charge in [-0.1, -0.05) is 0 Å². The van der Waals surface area contributed by atoms with Crippen LogP contribution >= 0.6 is 11.8 Å². The topological polar surface area (TPSA) is 78.4 Å². The lowest BCUT2D eigenvalue weighted by Gasteiger charge is -2.09. The highest BCUT2D eigenvalue weighted by Crippen LogP contribution is 2.12. The molecule has 0 rings (SSSR count). The van der Waals surface area contributed by atoms with Gasteiger partial charge in [0.1, 0.15) is 6.54 Å². The molecule has 0 aromatic rings. The van der Waals surface area contributed by atoms with Gasteiger partial charge < -0.3 is 5.11 Å². The molecule has 0 saturated carbocycles. The van der Waals surface area contributed by atoms with Crippen molar-refractivity contribution >= 4 is 22.0 Å². The van der Waals surface area contributed by atoms with Gasteiger partial charge in [0.15, 0.2) is 0 Å². The van der Waals surface area contributed by atoms with E-state index in [1.54, 1.807) is 0 Å². The van der Waals surface area contributed by atoms with E-state index in [4.69, 9.17) is 5.11 Å². The Labute approximate surface area is 102 Å². The van der Waals surface area contributed by atoms with Gasteiger partial charge >= 0.3 is 6.18 Å². The first-order chi connectivity index (χ1) is 7.77. The molecule has 0 aromatic heterocycles. The Hall–Kier alpha value is -0.0300. The number of thioether (sulfide) groups is 1. The summed E-state index contributed by atoms with van der Waals surface area (Å²) in [6, 6.07) is 0. The summed E-state index contributed by atoms with van der Waals surface area (Å²) in [6.45, 7) is -1.48. The SMILES string of the molecule is O=S(=O)(NCCSCCCO)NCC(F)(F)F. The van der Waals surface area contributed by atoms with Gasteiger partial charge in [0.25, 0.3) is 10.2 Å². The summed E-state index contributed by atoms with van der Waals surface area (Å²) in [7, 11) is -4.09. The van der Waals surface area contributed by atoms with Gasteiger partial charge in [0.05, 0.1) is 0 Å². The van der Waals surface area contributed by atoms with Gasteiger partial charge in [-0.15, -0.1) is 0 Å². The van der Waals surface area contributed by atoms with Crippen LogP contribution in [0.5, 0.6) is 0 Å². The number of alkyl halides is 3. The third-order valence-corrected chi connectivity index (χ3v) is 3.63. The minimum Gasteiger partial charge on any atom is -0.396 e. The zero-order valence-corrected chi connectivity index (χ0v) is 10.6. The molecule has 0 aliphatic carbocycles. The minimum atomic E-state index is -4.56. The van der Waals surface area contributed by atoms with Gasteiger partial charge in [0.2, 0.25) is 0 Å². The fourth-order valence-corrected chi connectivity index (χ4v) is 2.48. The van der Waals surface area contributed by atoms with Gasteiger partial charge in [-0.05, 0) is 12.2 Å². The van der Waals surface area contributed by atoms with Crippen molar-refractivity contribution in [2.75, 3.05) is 31.2 Å². The van der Waals surface area contributed by atoms with Crippen LogP contribution in [0.25, 0.3) is 0 Å². The molecule has 0 aliphatic heterocycles. The van der Waals surface area contributed by atoms with Crippen molar-refractivity contribution in [3.63, 3.8) is 0 Å². The van der Waals surface area contributed by atoms with E-state index in [1.165, 1.54) is 16.5 Å². The summed E-state index contributed by atoms with van der Waals surface area (Å²) in [4.78, 5) is 0. The van der Waals surface area contributed by atoms with Crippen LogP contribution < -0.4 is 9.44 Å². The molecule has 0 aromatic carbocycles. The van der Waals surface area contributed by atoms with Crippen molar-refractivity contribution in [2.45, 2.75) is 12.6 Å². The molecular weight excluding hydrogens is 281 g/mol. The summed E-state index contributed by atoms with van der Waals surface area (Å²) < 4.78 is 60.6. The third-order valence-electron chi connectivity index (χ3n) is 1.45. The fraction of sp³-hybridized carbons (Fsp3) is 1.00. The summed E-state index contributed by atoms with van der Waals surface area (Å²) >= 11 is 1.41. The average molecular weight is 296 g/mol. The van der Waals surface area contributed by atoms with E-state index < -0.39 is 22.9 Å². The Bertz CT molecular complexity index is 295. The molecule has 0 atom stereocenters. The van der Waals surface area contributed by atoms with Crippen LogP contribution in [-0.4, -0.2) is 50.9 Å². The van der Waals surface area contributed by atoms with Crippen molar-refractivity contribution < 1.29 is 26.7 Å². The van der Waals surface area contributed by atoms with E-state index in [2.05, 4.69) is 0 Å². The lowest BCUT2D eigenvalue weighted by atomic mass is 10.5. The first kappa shape index (κ1) is 17.0. The zero-order chi connectivity index (χ0) is 13.4. The Morgan fingerprint density at radius 2 is 1.82 bits per heavy atom. The smallest absolute Gasteiger partial charge is 0.396 e. The number of hydrogen-bond donors (Lipinski definition) is 3. The van der Waals surface area contributed by atoms with Crippen LogP contribution in [-0.2, 0) is 10.2 Å². The number of aliphatic hydroxyl groups is 1. The van der Waals surface area contributed by atoms with Gasteiger partial charge in [-0.3, -0.25) is 0 Å². The second-order valence-corrected chi connectivity index (χ2v) is 5.83. The lowest BCUT2D eigenvalue weighted by Crippen LogP contribution is -2.42. The predicted octanol–water partition coefficient (Wildman–Crippen LogP) is 0.0883. The number of hydrogen-bond acceptors (Lipinski definition) is 4. The van der Waals surface area contributed by atoms with Crippen LogP contribution in [0, 0.1) is 0 Å². The first-order valence-electron chi connectivity index (χ1n) is 4.76. The highest BCUT2D eigenvalue weighted by molar-refractivity contribution is 7.99. The predicted molar refractivity (Wildman–Crippen MR) is 60.0 cm³/mol. The molecule has 0 spiro atoms. The van der Waals surface area contributed by atoms with Crippen molar-refractivity contribution in [3.8, 4) is 0 Å². The lowest BCUT2D eigenvalue weighted by molar-refractivity contribution is -0.121. The van der Waals surface area contributed by atoms with Gasteiger partial charge in [-0.25, -0.2) is 4.72 Å². The second kappa shape index (κ2) is 8.14. The maximum atomic E-state index is 11.7. The molecule has 0 amide bonds. The number of nitrogens with one attached hydrogen (secondary N) is 2. The number of halogens is 3. The molecule has 0 unspecified atom stereocenters. The zero-order valence-electron chi connectivity index (χ0n) is 8.96.